The topological polar surface area (TPSA) is 93.0 Å². The highest BCUT2D eigenvalue weighted by molar-refractivity contribution is 6.08. The van der Waals surface area contributed by atoms with E-state index < -0.39 is 0 Å². The summed E-state index contributed by atoms with van der Waals surface area (Å²) in [5.41, 5.74) is 9.45. The first-order valence-electron chi connectivity index (χ1n) is 10.2. The molecule has 0 spiro atoms. The fourth-order valence-electron chi connectivity index (χ4n) is 3.75. The van der Waals surface area contributed by atoms with Crippen molar-refractivity contribution in [3.8, 4) is 0 Å². The quantitative estimate of drug-likeness (QED) is 0.533. The number of anilines is 1. The van der Waals surface area contributed by atoms with Gasteiger partial charge in [0.05, 0.1) is 11.0 Å². The van der Waals surface area contributed by atoms with E-state index in [0.717, 1.165) is 43.5 Å². The van der Waals surface area contributed by atoms with Crippen LogP contribution in [-0.2, 0) is 9.53 Å². The number of imidazole rings is 1. The lowest BCUT2D eigenvalue weighted by Crippen LogP contribution is -2.21. The molecule has 0 unspecified atom stereocenters. The predicted molar refractivity (Wildman–Crippen MR) is 115 cm³/mol. The van der Waals surface area contributed by atoms with Crippen LogP contribution in [0.4, 0.5) is 10.3 Å². The minimum atomic E-state index is -0.345. The maximum absolute atomic E-state index is 13.3. The standard InChI is InChI=1S/C23H25FN4O2/c24-17-8-6-16(7-9-17)21(25)18(10-5-15-11-13-30-14-12-15)22(29)28-23-26-19-3-1-2-4-20(19)27-23/h1-4,6-9,15H,5,10-14,25H2,(H2,26,27,28,29)/b21-18-. The van der Waals surface area contributed by atoms with E-state index >= 15 is 0 Å². The third kappa shape index (κ3) is 4.68. The fraction of sp³-hybridized carbons (Fsp3) is 0.304. The number of rotatable bonds is 6. The van der Waals surface area contributed by atoms with E-state index in [9.17, 15) is 9.18 Å². The number of aromatic nitrogens is 2. The number of nitrogens with zero attached hydrogens (tertiary/aromatic N) is 1. The minimum Gasteiger partial charge on any atom is -0.398 e. The van der Waals surface area contributed by atoms with Gasteiger partial charge in [-0.05, 0) is 73.6 Å². The number of ether oxygens (including phenoxy) is 1. The molecule has 1 aliphatic rings. The van der Waals surface area contributed by atoms with Gasteiger partial charge in [-0.3, -0.25) is 10.1 Å². The monoisotopic (exact) mass is 408 g/mol. The highest BCUT2D eigenvalue weighted by Gasteiger charge is 2.20. The molecule has 0 bridgehead atoms. The number of H-pyrrole nitrogens is 1. The fourth-order valence-corrected chi connectivity index (χ4v) is 3.75. The SMILES string of the molecule is N/C(=C(/CCC1CCOCC1)C(=O)Nc1nc2ccccc2[nH]1)c1ccc(F)cc1. The van der Waals surface area contributed by atoms with Gasteiger partial charge in [-0.2, -0.15) is 0 Å². The number of aromatic amines is 1. The van der Waals surface area contributed by atoms with Crippen molar-refractivity contribution < 1.29 is 13.9 Å². The van der Waals surface area contributed by atoms with Crippen molar-refractivity contribution in [1.29, 1.82) is 0 Å². The largest absolute Gasteiger partial charge is 0.398 e. The number of nitrogens with two attached hydrogens (primary N) is 1. The van der Waals surface area contributed by atoms with Crippen LogP contribution in [0.3, 0.4) is 0 Å². The molecule has 1 saturated heterocycles. The van der Waals surface area contributed by atoms with Crippen LogP contribution in [0.25, 0.3) is 16.7 Å². The summed E-state index contributed by atoms with van der Waals surface area (Å²) in [6.07, 6.45) is 3.33. The van der Waals surface area contributed by atoms with E-state index in [1.165, 1.54) is 12.1 Å². The Hall–Kier alpha value is -3.19. The van der Waals surface area contributed by atoms with Crippen LogP contribution < -0.4 is 11.1 Å². The Kier molecular flexibility index (Phi) is 6.09. The Labute approximate surface area is 174 Å². The van der Waals surface area contributed by atoms with E-state index in [-0.39, 0.29) is 11.7 Å². The smallest absolute Gasteiger partial charge is 0.255 e. The van der Waals surface area contributed by atoms with Gasteiger partial charge in [-0.15, -0.1) is 0 Å². The van der Waals surface area contributed by atoms with Crippen LogP contribution in [0.1, 0.15) is 31.2 Å². The zero-order valence-electron chi connectivity index (χ0n) is 16.7. The molecule has 30 heavy (non-hydrogen) atoms. The number of amides is 1. The number of hydrogen-bond donors (Lipinski definition) is 3. The summed E-state index contributed by atoms with van der Waals surface area (Å²) in [6, 6.07) is 13.4. The molecule has 3 aromatic rings. The summed E-state index contributed by atoms with van der Waals surface area (Å²) in [5.74, 6) is 0.218. The Morgan fingerprint density at radius 1 is 1.17 bits per heavy atom. The average molecular weight is 408 g/mol. The maximum Gasteiger partial charge on any atom is 0.255 e. The second-order valence-corrected chi connectivity index (χ2v) is 7.55. The second kappa shape index (κ2) is 9.09. The molecule has 0 atom stereocenters. The van der Waals surface area contributed by atoms with E-state index in [1.54, 1.807) is 12.1 Å². The molecule has 7 heteroatoms. The Morgan fingerprint density at radius 3 is 2.63 bits per heavy atom. The molecule has 0 radical (unpaired) electrons. The van der Waals surface area contributed by atoms with Gasteiger partial charge in [0, 0.05) is 24.5 Å². The van der Waals surface area contributed by atoms with Gasteiger partial charge in [-0.1, -0.05) is 12.1 Å². The van der Waals surface area contributed by atoms with Crippen LogP contribution >= 0.6 is 0 Å². The van der Waals surface area contributed by atoms with Gasteiger partial charge < -0.3 is 15.5 Å². The molecule has 2 aromatic carbocycles. The summed E-state index contributed by atoms with van der Waals surface area (Å²) in [5, 5.41) is 2.84. The van der Waals surface area contributed by atoms with Gasteiger partial charge in [0.25, 0.3) is 5.91 Å². The van der Waals surface area contributed by atoms with E-state index in [2.05, 4.69) is 15.3 Å². The molecule has 1 aromatic heterocycles. The van der Waals surface area contributed by atoms with Crippen molar-refractivity contribution in [2.75, 3.05) is 18.5 Å². The highest BCUT2D eigenvalue weighted by Crippen LogP contribution is 2.26. The van der Waals surface area contributed by atoms with Crippen molar-refractivity contribution >= 4 is 28.6 Å². The van der Waals surface area contributed by atoms with Crippen molar-refractivity contribution in [3.63, 3.8) is 0 Å². The molecule has 0 saturated carbocycles. The molecule has 1 amide bonds. The lowest BCUT2D eigenvalue weighted by molar-refractivity contribution is -0.113. The number of nitrogens with one attached hydrogen (secondary N) is 2. The highest BCUT2D eigenvalue weighted by atomic mass is 19.1. The molecular weight excluding hydrogens is 383 g/mol. The van der Waals surface area contributed by atoms with Crippen LogP contribution in [0.15, 0.2) is 54.1 Å². The molecule has 4 N–H and O–H groups in total. The van der Waals surface area contributed by atoms with Gasteiger partial charge in [-0.25, -0.2) is 9.37 Å². The first kappa shape index (κ1) is 20.1. The lowest BCUT2D eigenvalue weighted by atomic mass is 9.91. The van der Waals surface area contributed by atoms with Gasteiger partial charge >= 0.3 is 0 Å². The summed E-state index contributed by atoms with van der Waals surface area (Å²) < 4.78 is 18.8. The van der Waals surface area contributed by atoms with E-state index in [4.69, 9.17) is 10.5 Å². The number of para-hydroxylation sites is 2. The van der Waals surface area contributed by atoms with Crippen LogP contribution in [0.2, 0.25) is 0 Å². The summed E-state index contributed by atoms with van der Waals surface area (Å²) in [4.78, 5) is 20.6. The Morgan fingerprint density at radius 2 is 1.90 bits per heavy atom. The van der Waals surface area contributed by atoms with Crippen molar-refractivity contribution in [3.05, 3.63) is 65.5 Å². The summed E-state index contributed by atoms with van der Waals surface area (Å²) >= 11 is 0. The number of benzene rings is 2. The minimum absolute atomic E-state index is 0.303. The molecule has 1 fully saturated rings. The van der Waals surface area contributed by atoms with E-state index in [0.29, 0.717) is 35.1 Å². The first-order valence-corrected chi connectivity index (χ1v) is 10.2. The third-order valence-electron chi connectivity index (χ3n) is 5.52. The summed E-state index contributed by atoms with van der Waals surface area (Å²) in [7, 11) is 0. The van der Waals surface area contributed by atoms with Crippen molar-refractivity contribution in [1.82, 2.24) is 9.97 Å². The zero-order valence-corrected chi connectivity index (χ0v) is 16.7. The number of hydrogen-bond acceptors (Lipinski definition) is 4. The lowest BCUT2D eigenvalue weighted by Gasteiger charge is -2.22. The van der Waals surface area contributed by atoms with E-state index in [1.807, 2.05) is 24.3 Å². The number of halogens is 1. The Bertz CT molecular complexity index is 1020. The van der Waals surface area contributed by atoms with Gasteiger partial charge in [0.15, 0.2) is 0 Å². The molecule has 156 valence electrons. The van der Waals surface area contributed by atoms with Crippen LogP contribution in [0.5, 0.6) is 0 Å². The third-order valence-corrected chi connectivity index (χ3v) is 5.52. The molecule has 4 rings (SSSR count). The van der Waals surface area contributed by atoms with Gasteiger partial charge in [0.1, 0.15) is 5.82 Å². The van der Waals surface area contributed by atoms with Gasteiger partial charge in [0.2, 0.25) is 5.95 Å². The zero-order chi connectivity index (χ0) is 20.9. The van der Waals surface area contributed by atoms with Crippen LogP contribution in [-0.4, -0.2) is 29.1 Å². The van der Waals surface area contributed by atoms with Crippen molar-refractivity contribution in [2.24, 2.45) is 11.7 Å². The normalized spacial score (nSPS) is 15.8. The molecule has 6 nitrogen and oxygen atoms in total. The Balaban J connectivity index is 1.58. The number of carbonyl (C=O) groups is 1. The van der Waals surface area contributed by atoms with Crippen LogP contribution in [0, 0.1) is 11.7 Å². The maximum atomic E-state index is 13.3. The second-order valence-electron chi connectivity index (χ2n) is 7.55. The first-order chi connectivity index (χ1) is 14.6. The number of fused-ring (bicyclic) bond motifs is 1. The molecular formula is C23H25FN4O2. The number of carbonyl (C=O) groups excluding carboxylic acids is 1. The molecule has 2 heterocycles. The molecule has 0 aliphatic carbocycles. The average Bonchev–Trinajstić information content (AvgIpc) is 3.17. The summed E-state index contributed by atoms with van der Waals surface area (Å²) in [6.45, 7) is 1.50. The predicted octanol–water partition coefficient (Wildman–Crippen LogP) is 4.22. The molecule has 1 aliphatic heterocycles. The van der Waals surface area contributed by atoms with Crippen molar-refractivity contribution in [2.45, 2.75) is 25.7 Å².